The molecule has 0 aliphatic heterocycles. The molecule has 1 aliphatic carbocycles. The standard InChI is InChI=1S/C25H30N2/c1-17-18(21-12-8-9-15-26(21)6)13-14-19-22(17)23-20(11-10-16-27(23)7)25(4,5)24(19,2)3/h8-16H,1-7H3/q+2. The molecule has 1 aromatic carbocycles. The van der Waals surface area contributed by atoms with Crippen molar-refractivity contribution in [2.75, 3.05) is 0 Å². The van der Waals surface area contributed by atoms with Crippen molar-refractivity contribution in [3.63, 3.8) is 0 Å². The van der Waals surface area contributed by atoms with Crippen LogP contribution in [0.15, 0.2) is 54.9 Å². The van der Waals surface area contributed by atoms with Crippen LogP contribution in [-0.4, -0.2) is 0 Å². The Morgan fingerprint density at radius 1 is 0.704 bits per heavy atom. The average molecular weight is 359 g/mol. The maximum Gasteiger partial charge on any atom is 0.216 e. The number of rotatable bonds is 1. The number of benzene rings is 1. The van der Waals surface area contributed by atoms with Crippen molar-refractivity contribution >= 4 is 0 Å². The second-order valence-electron chi connectivity index (χ2n) is 8.99. The van der Waals surface area contributed by atoms with Gasteiger partial charge in [-0.25, -0.2) is 9.13 Å². The van der Waals surface area contributed by atoms with Crippen LogP contribution in [0.4, 0.5) is 0 Å². The molecule has 2 heterocycles. The Labute approximate surface area is 163 Å². The molecule has 2 nitrogen and oxygen atoms in total. The van der Waals surface area contributed by atoms with Crippen LogP contribution in [0, 0.1) is 6.92 Å². The van der Waals surface area contributed by atoms with Crippen LogP contribution in [0.1, 0.15) is 44.4 Å². The minimum Gasteiger partial charge on any atom is -0.201 e. The summed E-state index contributed by atoms with van der Waals surface area (Å²) >= 11 is 0. The van der Waals surface area contributed by atoms with Crippen LogP contribution in [0.3, 0.4) is 0 Å². The number of aromatic nitrogens is 2. The van der Waals surface area contributed by atoms with Crippen molar-refractivity contribution in [1.29, 1.82) is 0 Å². The lowest BCUT2D eigenvalue weighted by atomic mass is 9.55. The highest BCUT2D eigenvalue weighted by molar-refractivity contribution is 5.81. The van der Waals surface area contributed by atoms with Crippen LogP contribution in [0.5, 0.6) is 0 Å². The first kappa shape index (κ1) is 17.9. The second-order valence-corrected chi connectivity index (χ2v) is 8.99. The summed E-state index contributed by atoms with van der Waals surface area (Å²) in [5, 5.41) is 0. The topological polar surface area (TPSA) is 7.76 Å². The van der Waals surface area contributed by atoms with Gasteiger partial charge in [-0.05, 0) is 41.7 Å². The molecule has 4 rings (SSSR count). The van der Waals surface area contributed by atoms with Gasteiger partial charge in [0.2, 0.25) is 11.4 Å². The summed E-state index contributed by atoms with van der Waals surface area (Å²) in [6.07, 6.45) is 4.29. The second kappa shape index (κ2) is 5.76. The van der Waals surface area contributed by atoms with E-state index in [1.807, 2.05) is 0 Å². The SMILES string of the molecule is Cc1c(-c2cccc[n+]2C)ccc2c1-c1c(ccc[n+]1C)C(C)(C)C2(C)C. The van der Waals surface area contributed by atoms with E-state index in [-0.39, 0.29) is 10.8 Å². The summed E-state index contributed by atoms with van der Waals surface area (Å²) in [5.41, 5.74) is 9.66. The van der Waals surface area contributed by atoms with Crippen LogP contribution < -0.4 is 9.13 Å². The zero-order valence-corrected chi connectivity index (χ0v) is 17.6. The van der Waals surface area contributed by atoms with Gasteiger partial charge in [-0.15, -0.1) is 0 Å². The van der Waals surface area contributed by atoms with Gasteiger partial charge in [0.1, 0.15) is 14.1 Å². The predicted molar refractivity (Wildman–Crippen MR) is 110 cm³/mol. The lowest BCUT2D eigenvalue weighted by molar-refractivity contribution is -0.661. The molecular weight excluding hydrogens is 328 g/mol. The fourth-order valence-electron chi connectivity index (χ4n) is 4.72. The lowest BCUT2D eigenvalue weighted by Gasteiger charge is -2.47. The Hall–Kier alpha value is -2.48. The number of aryl methyl sites for hydroxylation is 2. The van der Waals surface area contributed by atoms with Gasteiger partial charge in [-0.1, -0.05) is 33.8 Å². The third kappa shape index (κ3) is 2.32. The smallest absolute Gasteiger partial charge is 0.201 e. The predicted octanol–water partition coefficient (Wildman–Crippen LogP) is 4.55. The minimum atomic E-state index is 0.0475. The molecule has 0 spiro atoms. The van der Waals surface area contributed by atoms with E-state index in [1.165, 1.54) is 39.2 Å². The molecule has 0 saturated carbocycles. The minimum absolute atomic E-state index is 0.0475. The Morgan fingerprint density at radius 2 is 1.37 bits per heavy atom. The maximum atomic E-state index is 2.39. The molecule has 0 radical (unpaired) electrons. The summed E-state index contributed by atoms with van der Waals surface area (Å²) in [7, 11) is 4.29. The van der Waals surface area contributed by atoms with Gasteiger partial charge >= 0.3 is 0 Å². The molecule has 2 heteroatoms. The van der Waals surface area contributed by atoms with E-state index < -0.39 is 0 Å². The molecule has 27 heavy (non-hydrogen) atoms. The molecular formula is C25H30N2+2. The Morgan fingerprint density at radius 3 is 2.07 bits per heavy atom. The highest BCUT2D eigenvalue weighted by Crippen LogP contribution is 2.54. The monoisotopic (exact) mass is 358 g/mol. The molecule has 0 atom stereocenters. The fraction of sp³-hybridized carbons (Fsp3) is 0.360. The van der Waals surface area contributed by atoms with Gasteiger partial charge in [0.05, 0.1) is 5.56 Å². The van der Waals surface area contributed by atoms with E-state index in [9.17, 15) is 0 Å². The van der Waals surface area contributed by atoms with Gasteiger partial charge in [-0.2, -0.15) is 0 Å². The molecule has 0 unspecified atom stereocenters. The van der Waals surface area contributed by atoms with Crippen LogP contribution in [-0.2, 0) is 24.9 Å². The summed E-state index contributed by atoms with van der Waals surface area (Å²) < 4.78 is 4.51. The molecule has 0 fully saturated rings. The number of nitrogens with zero attached hydrogens (tertiary/aromatic N) is 2. The van der Waals surface area contributed by atoms with Crippen molar-refractivity contribution in [3.05, 3.63) is 71.5 Å². The molecule has 1 aliphatic rings. The highest BCUT2D eigenvalue weighted by atomic mass is 14.9. The van der Waals surface area contributed by atoms with E-state index in [2.05, 4.69) is 113 Å². The molecule has 0 N–H and O–H groups in total. The molecule has 0 saturated heterocycles. The summed E-state index contributed by atoms with van der Waals surface area (Å²) in [5.74, 6) is 0. The van der Waals surface area contributed by atoms with Gasteiger partial charge in [-0.3, -0.25) is 0 Å². The molecule has 3 aromatic rings. The first-order valence-electron chi connectivity index (χ1n) is 9.76. The zero-order valence-electron chi connectivity index (χ0n) is 17.6. The number of fused-ring (bicyclic) bond motifs is 3. The van der Waals surface area contributed by atoms with Crippen molar-refractivity contribution in [1.82, 2.24) is 0 Å². The van der Waals surface area contributed by atoms with Crippen LogP contribution in [0.25, 0.3) is 22.5 Å². The van der Waals surface area contributed by atoms with E-state index in [4.69, 9.17) is 0 Å². The quantitative estimate of drug-likeness (QED) is 0.564. The average Bonchev–Trinajstić information content (AvgIpc) is 2.61. The van der Waals surface area contributed by atoms with E-state index in [0.717, 1.165) is 0 Å². The number of hydrogen-bond acceptors (Lipinski definition) is 0. The Balaban J connectivity index is 2.12. The van der Waals surface area contributed by atoms with Crippen LogP contribution >= 0.6 is 0 Å². The number of hydrogen-bond donors (Lipinski definition) is 0. The van der Waals surface area contributed by atoms with Gasteiger partial charge < -0.3 is 0 Å². The van der Waals surface area contributed by atoms with Gasteiger partial charge in [0.25, 0.3) is 0 Å². The van der Waals surface area contributed by atoms with Gasteiger partial charge in [0, 0.05) is 34.7 Å². The van der Waals surface area contributed by atoms with Crippen molar-refractivity contribution in [2.24, 2.45) is 14.1 Å². The third-order valence-corrected chi connectivity index (χ3v) is 7.12. The van der Waals surface area contributed by atoms with E-state index in [0.29, 0.717) is 0 Å². The van der Waals surface area contributed by atoms with E-state index >= 15 is 0 Å². The third-order valence-electron chi connectivity index (χ3n) is 7.12. The Bertz CT molecular complexity index is 1060. The summed E-state index contributed by atoms with van der Waals surface area (Å²) in [6.45, 7) is 11.8. The summed E-state index contributed by atoms with van der Waals surface area (Å²) in [4.78, 5) is 0. The zero-order chi connectivity index (χ0) is 19.6. The normalized spacial score (nSPS) is 16.6. The largest absolute Gasteiger partial charge is 0.216 e. The van der Waals surface area contributed by atoms with Crippen molar-refractivity contribution < 1.29 is 9.13 Å². The van der Waals surface area contributed by atoms with Crippen molar-refractivity contribution in [2.45, 2.75) is 45.4 Å². The first-order valence-corrected chi connectivity index (χ1v) is 9.76. The first-order chi connectivity index (χ1) is 12.7. The van der Waals surface area contributed by atoms with Crippen molar-refractivity contribution in [3.8, 4) is 22.5 Å². The molecule has 0 amide bonds. The lowest BCUT2D eigenvalue weighted by Crippen LogP contribution is -2.48. The fourth-order valence-corrected chi connectivity index (χ4v) is 4.72. The molecule has 138 valence electrons. The molecule has 2 aromatic heterocycles. The van der Waals surface area contributed by atoms with E-state index in [1.54, 1.807) is 0 Å². The molecule has 0 bridgehead atoms. The highest BCUT2D eigenvalue weighted by Gasteiger charge is 2.49. The maximum absolute atomic E-state index is 2.39. The number of pyridine rings is 2. The Kier molecular flexibility index (Phi) is 3.82. The van der Waals surface area contributed by atoms with Gasteiger partial charge in [0.15, 0.2) is 12.4 Å². The summed E-state index contributed by atoms with van der Waals surface area (Å²) in [6, 6.07) is 15.6. The van der Waals surface area contributed by atoms with Crippen LogP contribution in [0.2, 0.25) is 0 Å².